The highest BCUT2D eigenvalue weighted by Crippen LogP contribution is 2.38. The predicted octanol–water partition coefficient (Wildman–Crippen LogP) is 4.69. The van der Waals surface area contributed by atoms with E-state index < -0.39 is 0 Å². The number of hydrogen-bond acceptors (Lipinski definition) is 1. The van der Waals surface area contributed by atoms with E-state index in [1.54, 1.807) is 0 Å². The van der Waals surface area contributed by atoms with Crippen LogP contribution in [-0.2, 0) is 6.42 Å². The minimum atomic E-state index is 0.496. The monoisotopic (exact) mass is 279 g/mol. The maximum absolute atomic E-state index is 5.90. The summed E-state index contributed by atoms with van der Waals surface area (Å²) in [4.78, 5) is 0. The molecule has 2 atom stereocenters. The molecule has 1 nitrogen and oxygen atoms in total. The third-order valence-electron chi connectivity index (χ3n) is 4.15. The van der Waals surface area contributed by atoms with Crippen molar-refractivity contribution in [1.82, 2.24) is 5.32 Å². The summed E-state index contributed by atoms with van der Waals surface area (Å²) in [6, 6.07) is 8.88. The van der Waals surface area contributed by atoms with E-state index in [1.807, 2.05) is 12.1 Å². The smallest absolute Gasteiger partial charge is 0.0406 e. The number of benzene rings is 1. The van der Waals surface area contributed by atoms with Crippen molar-refractivity contribution < 1.29 is 0 Å². The molecule has 0 spiro atoms. The van der Waals surface area contributed by atoms with Gasteiger partial charge in [-0.3, -0.25) is 0 Å². The van der Waals surface area contributed by atoms with Gasteiger partial charge in [0.2, 0.25) is 0 Å². The Bertz CT molecular complexity index is 396. The van der Waals surface area contributed by atoms with Crippen molar-refractivity contribution in [3.05, 3.63) is 34.9 Å². The maximum Gasteiger partial charge on any atom is 0.0406 e. The number of rotatable bonds is 4. The highest BCUT2D eigenvalue weighted by atomic mass is 35.5. The zero-order chi connectivity index (χ0) is 13.9. The molecular formula is C17H26ClN. The van der Waals surface area contributed by atoms with Crippen molar-refractivity contribution in [2.45, 2.75) is 52.5 Å². The van der Waals surface area contributed by atoms with Gasteiger partial charge in [0, 0.05) is 11.1 Å². The Morgan fingerprint density at radius 2 is 1.89 bits per heavy atom. The number of nitrogens with one attached hydrogen (secondary N) is 1. The molecule has 1 saturated carbocycles. The summed E-state index contributed by atoms with van der Waals surface area (Å²) in [6.07, 6.45) is 5.08. The molecule has 1 fully saturated rings. The number of halogens is 1. The molecular weight excluding hydrogens is 254 g/mol. The summed E-state index contributed by atoms with van der Waals surface area (Å²) in [6.45, 7) is 8.25. The minimum Gasteiger partial charge on any atom is -0.314 e. The van der Waals surface area contributed by atoms with E-state index in [9.17, 15) is 0 Å². The molecule has 2 rings (SSSR count). The Balaban J connectivity index is 1.77. The largest absolute Gasteiger partial charge is 0.314 e. The van der Waals surface area contributed by atoms with Crippen LogP contribution in [-0.4, -0.2) is 12.6 Å². The Morgan fingerprint density at radius 1 is 1.21 bits per heavy atom. The lowest BCUT2D eigenvalue weighted by Crippen LogP contribution is -2.40. The summed E-state index contributed by atoms with van der Waals surface area (Å²) < 4.78 is 0. The molecule has 0 radical (unpaired) electrons. The quantitative estimate of drug-likeness (QED) is 0.843. The van der Waals surface area contributed by atoms with E-state index >= 15 is 0 Å². The van der Waals surface area contributed by atoms with Gasteiger partial charge in [-0.25, -0.2) is 0 Å². The molecule has 0 saturated heterocycles. The van der Waals surface area contributed by atoms with Crippen LogP contribution in [0.2, 0.25) is 5.02 Å². The number of hydrogen-bond donors (Lipinski definition) is 1. The molecule has 1 aliphatic rings. The first-order chi connectivity index (χ1) is 8.94. The molecule has 0 heterocycles. The Morgan fingerprint density at radius 3 is 2.53 bits per heavy atom. The summed E-state index contributed by atoms with van der Waals surface area (Å²) >= 11 is 5.90. The first-order valence-electron chi connectivity index (χ1n) is 7.42. The summed E-state index contributed by atoms with van der Waals surface area (Å²) in [5, 5.41) is 4.56. The van der Waals surface area contributed by atoms with Gasteiger partial charge in [0.05, 0.1) is 0 Å². The van der Waals surface area contributed by atoms with Gasteiger partial charge in [0.1, 0.15) is 0 Å². The lowest BCUT2D eigenvalue weighted by atomic mass is 9.70. The molecule has 1 aromatic rings. The minimum absolute atomic E-state index is 0.496. The van der Waals surface area contributed by atoms with Crippen LogP contribution in [0.5, 0.6) is 0 Å². The highest BCUT2D eigenvalue weighted by Gasteiger charge is 2.31. The van der Waals surface area contributed by atoms with Crippen LogP contribution in [0.1, 0.15) is 45.6 Å². The third kappa shape index (κ3) is 4.81. The van der Waals surface area contributed by atoms with Crippen LogP contribution >= 0.6 is 11.6 Å². The fourth-order valence-corrected chi connectivity index (χ4v) is 3.70. The summed E-state index contributed by atoms with van der Waals surface area (Å²) in [5.74, 6) is 0.844. The predicted molar refractivity (Wildman–Crippen MR) is 83.7 cm³/mol. The Hall–Kier alpha value is -0.530. The summed E-state index contributed by atoms with van der Waals surface area (Å²) in [7, 11) is 0. The van der Waals surface area contributed by atoms with Crippen LogP contribution in [0.3, 0.4) is 0 Å². The van der Waals surface area contributed by atoms with E-state index in [-0.39, 0.29) is 0 Å². The van der Waals surface area contributed by atoms with Gasteiger partial charge in [-0.05, 0) is 61.3 Å². The molecule has 106 valence electrons. The fraction of sp³-hybridized carbons (Fsp3) is 0.647. The van der Waals surface area contributed by atoms with Crippen LogP contribution in [0.25, 0.3) is 0 Å². The van der Waals surface area contributed by atoms with Gasteiger partial charge < -0.3 is 5.32 Å². The second-order valence-electron chi connectivity index (χ2n) is 6.94. The normalized spacial score (nSPS) is 26.3. The zero-order valence-corrected chi connectivity index (χ0v) is 13.1. The molecule has 0 amide bonds. The van der Waals surface area contributed by atoms with E-state index in [4.69, 9.17) is 11.6 Å². The van der Waals surface area contributed by atoms with Gasteiger partial charge in [-0.15, -0.1) is 0 Å². The molecule has 1 aliphatic carbocycles. The van der Waals surface area contributed by atoms with Gasteiger partial charge in [0.15, 0.2) is 0 Å². The van der Waals surface area contributed by atoms with Crippen molar-refractivity contribution in [1.29, 1.82) is 0 Å². The van der Waals surface area contributed by atoms with E-state index in [0.717, 1.165) is 23.9 Å². The molecule has 2 heteroatoms. The zero-order valence-electron chi connectivity index (χ0n) is 12.4. The fourth-order valence-electron chi connectivity index (χ4n) is 3.57. The van der Waals surface area contributed by atoms with Crippen LogP contribution in [0.4, 0.5) is 0 Å². The molecule has 0 aromatic heterocycles. The van der Waals surface area contributed by atoms with E-state index in [1.165, 1.54) is 24.8 Å². The molecule has 2 unspecified atom stereocenters. The second kappa shape index (κ2) is 6.28. The van der Waals surface area contributed by atoms with Crippen molar-refractivity contribution in [2.24, 2.45) is 11.3 Å². The van der Waals surface area contributed by atoms with E-state index in [0.29, 0.717) is 11.5 Å². The lowest BCUT2D eigenvalue weighted by Gasteiger charge is -2.39. The van der Waals surface area contributed by atoms with Gasteiger partial charge >= 0.3 is 0 Å². The van der Waals surface area contributed by atoms with Crippen LogP contribution < -0.4 is 5.32 Å². The average molecular weight is 280 g/mol. The van der Waals surface area contributed by atoms with Crippen molar-refractivity contribution in [3.63, 3.8) is 0 Å². The molecule has 19 heavy (non-hydrogen) atoms. The van der Waals surface area contributed by atoms with Crippen molar-refractivity contribution >= 4 is 11.6 Å². The van der Waals surface area contributed by atoms with Crippen molar-refractivity contribution in [2.75, 3.05) is 6.54 Å². The van der Waals surface area contributed by atoms with Gasteiger partial charge in [-0.1, -0.05) is 44.5 Å². The van der Waals surface area contributed by atoms with Gasteiger partial charge in [0.25, 0.3) is 0 Å². The molecule has 0 aliphatic heterocycles. The third-order valence-corrected chi connectivity index (χ3v) is 4.40. The lowest BCUT2D eigenvalue weighted by molar-refractivity contribution is 0.152. The van der Waals surface area contributed by atoms with Crippen LogP contribution in [0.15, 0.2) is 24.3 Å². The first-order valence-corrected chi connectivity index (χ1v) is 7.80. The second-order valence-corrected chi connectivity index (χ2v) is 7.38. The topological polar surface area (TPSA) is 12.0 Å². The Labute approximate surface area is 122 Å². The highest BCUT2D eigenvalue weighted by molar-refractivity contribution is 6.30. The van der Waals surface area contributed by atoms with Crippen LogP contribution in [0, 0.1) is 11.3 Å². The van der Waals surface area contributed by atoms with Crippen molar-refractivity contribution in [3.8, 4) is 0 Å². The Kier molecular flexibility index (Phi) is 4.92. The van der Waals surface area contributed by atoms with E-state index in [2.05, 4.69) is 38.2 Å². The maximum atomic E-state index is 5.90. The van der Waals surface area contributed by atoms with Gasteiger partial charge in [-0.2, -0.15) is 0 Å². The molecule has 0 bridgehead atoms. The molecule has 1 N–H and O–H groups in total. The average Bonchev–Trinajstić information content (AvgIpc) is 2.29. The summed E-state index contributed by atoms with van der Waals surface area (Å²) in [5.41, 5.74) is 1.86. The standard InChI is InChI=1S/C17H26ClN/c1-13-10-16(12-17(2,3)11-13)19-9-8-14-4-6-15(18)7-5-14/h4-7,13,16,19H,8-12H2,1-3H3. The SMILES string of the molecule is CC1CC(NCCc2ccc(Cl)cc2)CC(C)(C)C1. The first kappa shape index (κ1) is 14.9. The molecule has 1 aromatic carbocycles.